The van der Waals surface area contributed by atoms with Crippen molar-refractivity contribution in [1.82, 2.24) is 10.3 Å². The van der Waals surface area contributed by atoms with E-state index in [1.807, 2.05) is 19.1 Å². The lowest BCUT2D eigenvalue weighted by Crippen LogP contribution is -2.59. The molecule has 4 aliphatic rings. The number of rotatable bonds is 3. The number of nitrogens with zero attached hydrogens (tertiary/aromatic N) is 1. The Morgan fingerprint density at radius 3 is 2.77 bits per heavy atom. The number of hydrogen-bond donors (Lipinski definition) is 2. The molecule has 3 fully saturated rings. The fourth-order valence-electron chi connectivity index (χ4n) is 7.74. The molecule has 5 nitrogen and oxygen atoms in total. The minimum absolute atomic E-state index is 0.0663. The maximum Gasteiger partial charge on any atom is 0.243 e. The molecule has 0 saturated heterocycles. The third-order valence-corrected chi connectivity index (χ3v) is 9.49. The second-order valence-electron chi connectivity index (χ2n) is 11.0. The summed E-state index contributed by atoms with van der Waals surface area (Å²) in [6.07, 6.45) is 13.4. The number of hydrogen-bond acceptors (Lipinski definition) is 3. The zero-order chi connectivity index (χ0) is 21.8. The summed E-state index contributed by atoms with van der Waals surface area (Å²) in [5.74, 6) is 3.27. The summed E-state index contributed by atoms with van der Waals surface area (Å²) in [5, 5.41) is 6.25. The van der Waals surface area contributed by atoms with Crippen LogP contribution >= 0.6 is 0 Å². The Bertz CT molecular complexity index is 910. The van der Waals surface area contributed by atoms with Gasteiger partial charge in [-0.15, -0.1) is 0 Å². The normalized spacial score (nSPS) is 41.0. The molecule has 3 aliphatic carbocycles. The third-order valence-electron chi connectivity index (χ3n) is 9.49. The van der Waals surface area contributed by atoms with E-state index < -0.39 is 0 Å². The lowest BCUT2D eigenvalue weighted by molar-refractivity contribution is -0.123. The van der Waals surface area contributed by atoms with E-state index in [9.17, 15) is 9.59 Å². The van der Waals surface area contributed by atoms with E-state index in [1.54, 1.807) is 12.3 Å². The van der Waals surface area contributed by atoms with Crippen molar-refractivity contribution >= 4 is 17.6 Å². The summed E-state index contributed by atoms with van der Waals surface area (Å²) in [6, 6.07) is 4.14. The number of fused-ring (bicyclic) bond motifs is 5. The monoisotopic (exact) mass is 421 g/mol. The van der Waals surface area contributed by atoms with Gasteiger partial charge in [-0.25, -0.2) is 4.98 Å². The maximum absolute atomic E-state index is 12.8. The quantitative estimate of drug-likeness (QED) is 0.747. The van der Waals surface area contributed by atoms with Crippen LogP contribution in [0.25, 0.3) is 0 Å². The van der Waals surface area contributed by atoms with Crippen LogP contribution in [0, 0.1) is 41.4 Å². The first-order chi connectivity index (χ1) is 14.8. The predicted molar refractivity (Wildman–Crippen MR) is 121 cm³/mol. The van der Waals surface area contributed by atoms with Crippen molar-refractivity contribution in [3.05, 3.63) is 36.0 Å². The van der Waals surface area contributed by atoms with Crippen molar-refractivity contribution in [3.63, 3.8) is 0 Å². The number of aromatic nitrogens is 1. The number of anilines is 1. The molecule has 1 aromatic rings. The van der Waals surface area contributed by atoms with Gasteiger partial charge in [0.25, 0.3) is 0 Å². The number of carbonyl (C=O) groups is 2. The van der Waals surface area contributed by atoms with Gasteiger partial charge in [-0.3, -0.25) is 9.59 Å². The molecule has 2 amide bonds. The Morgan fingerprint density at radius 1 is 1.16 bits per heavy atom. The highest BCUT2D eigenvalue weighted by atomic mass is 16.2. The van der Waals surface area contributed by atoms with Gasteiger partial charge < -0.3 is 10.6 Å². The van der Waals surface area contributed by atoms with Crippen LogP contribution < -0.4 is 10.6 Å². The largest absolute Gasteiger partial charge is 0.349 e. The average molecular weight is 422 g/mol. The van der Waals surface area contributed by atoms with E-state index in [0.717, 1.165) is 18.4 Å². The van der Waals surface area contributed by atoms with Crippen molar-refractivity contribution in [3.8, 4) is 0 Å². The van der Waals surface area contributed by atoms with E-state index >= 15 is 0 Å². The second kappa shape index (κ2) is 7.46. The summed E-state index contributed by atoms with van der Waals surface area (Å²) in [5.41, 5.74) is 1.41. The minimum Gasteiger partial charge on any atom is -0.349 e. The van der Waals surface area contributed by atoms with Crippen LogP contribution in [0.3, 0.4) is 0 Å². The van der Waals surface area contributed by atoms with E-state index in [0.29, 0.717) is 35.9 Å². The number of nitrogens with one attached hydrogen (secondary N) is 2. The van der Waals surface area contributed by atoms with E-state index in [1.165, 1.54) is 25.7 Å². The molecule has 0 radical (unpaired) electrons. The Hall–Kier alpha value is -2.17. The molecule has 5 heteroatoms. The molecule has 166 valence electrons. The van der Waals surface area contributed by atoms with Crippen LogP contribution in [0.15, 0.2) is 30.5 Å². The molecule has 0 aromatic carbocycles. The number of aryl methyl sites for hydroxylation is 1. The van der Waals surface area contributed by atoms with Crippen LogP contribution in [0.1, 0.15) is 64.4 Å². The molecule has 7 atom stereocenters. The molecular formula is C26H35N3O2. The van der Waals surface area contributed by atoms with Gasteiger partial charge in [-0.2, -0.15) is 0 Å². The van der Waals surface area contributed by atoms with Crippen LogP contribution in [0.4, 0.5) is 5.82 Å². The Morgan fingerprint density at radius 2 is 2.00 bits per heavy atom. The molecular weight excluding hydrogens is 386 g/mol. The Balaban J connectivity index is 1.30. The third kappa shape index (κ3) is 3.41. The molecule has 0 bridgehead atoms. The van der Waals surface area contributed by atoms with Crippen molar-refractivity contribution in [1.29, 1.82) is 0 Å². The summed E-state index contributed by atoms with van der Waals surface area (Å²) in [6.45, 7) is 6.82. The van der Waals surface area contributed by atoms with Gasteiger partial charge in [0.1, 0.15) is 5.82 Å². The van der Waals surface area contributed by atoms with Crippen LogP contribution in [-0.2, 0) is 9.59 Å². The molecule has 3 saturated carbocycles. The SMILES string of the molecule is Cc1ccc(NC(=O)C[C@H]2CC[C@H]3C4CC[C@H]5NC(=O)C=C[C@]5(C)C4CC[C@]23C)nc1. The summed E-state index contributed by atoms with van der Waals surface area (Å²) in [7, 11) is 0. The van der Waals surface area contributed by atoms with E-state index in [-0.39, 0.29) is 28.7 Å². The minimum atomic E-state index is 0.0663. The molecule has 0 spiro atoms. The van der Waals surface area contributed by atoms with Crippen LogP contribution in [0.2, 0.25) is 0 Å². The zero-order valence-electron chi connectivity index (χ0n) is 19.0. The summed E-state index contributed by atoms with van der Waals surface area (Å²) >= 11 is 0. The van der Waals surface area contributed by atoms with E-state index in [2.05, 4.69) is 35.5 Å². The maximum atomic E-state index is 12.8. The Kier molecular flexibility index (Phi) is 4.98. The number of carbonyl (C=O) groups excluding carboxylic acids is 2. The van der Waals surface area contributed by atoms with Gasteiger partial charge in [0.2, 0.25) is 11.8 Å². The average Bonchev–Trinajstić information content (AvgIpc) is 3.06. The fraction of sp³-hybridized carbons (Fsp3) is 0.654. The van der Waals surface area contributed by atoms with Gasteiger partial charge in [0.15, 0.2) is 0 Å². The topological polar surface area (TPSA) is 71.1 Å². The molecule has 2 N–H and O–H groups in total. The first-order valence-corrected chi connectivity index (χ1v) is 12.0. The molecule has 1 aromatic heterocycles. The van der Waals surface area contributed by atoms with E-state index in [4.69, 9.17) is 0 Å². The molecule has 1 aliphatic heterocycles. The van der Waals surface area contributed by atoms with Gasteiger partial charge in [-0.05, 0) is 92.2 Å². The summed E-state index contributed by atoms with van der Waals surface area (Å²) in [4.78, 5) is 29.1. The molecule has 2 heterocycles. The number of pyridine rings is 1. The van der Waals surface area contributed by atoms with Gasteiger partial charge in [0, 0.05) is 24.1 Å². The lowest BCUT2D eigenvalue weighted by atomic mass is 9.48. The van der Waals surface area contributed by atoms with Crippen LogP contribution in [0.5, 0.6) is 0 Å². The van der Waals surface area contributed by atoms with Crippen molar-refractivity contribution in [2.45, 2.75) is 71.8 Å². The molecule has 5 rings (SSSR count). The van der Waals surface area contributed by atoms with Crippen molar-refractivity contribution in [2.75, 3.05) is 5.32 Å². The zero-order valence-corrected chi connectivity index (χ0v) is 19.0. The van der Waals surface area contributed by atoms with Gasteiger partial charge in [-0.1, -0.05) is 26.0 Å². The smallest absolute Gasteiger partial charge is 0.243 e. The van der Waals surface area contributed by atoms with Crippen LogP contribution in [-0.4, -0.2) is 22.8 Å². The first kappa shape index (κ1) is 20.7. The Labute approximate surface area is 185 Å². The van der Waals surface area contributed by atoms with Crippen molar-refractivity contribution < 1.29 is 9.59 Å². The highest BCUT2D eigenvalue weighted by Gasteiger charge is 2.59. The molecule has 31 heavy (non-hydrogen) atoms. The highest BCUT2D eigenvalue weighted by molar-refractivity contribution is 5.90. The van der Waals surface area contributed by atoms with Gasteiger partial charge in [0.05, 0.1) is 0 Å². The molecule has 2 unspecified atom stereocenters. The van der Waals surface area contributed by atoms with Gasteiger partial charge >= 0.3 is 0 Å². The second-order valence-corrected chi connectivity index (χ2v) is 11.0. The standard InChI is InChI=1S/C26H35N3O2/c1-16-4-9-22(27-15-16)29-24(31)14-17-5-7-19-18-6-8-21-26(3,13-11-23(30)28-21)20(18)10-12-25(17,19)2/h4,9,11,13,15,17-21H,5-8,10,12,14H2,1-3H3,(H,28,30)(H,27,29,31)/t17-,18?,19+,20?,21-,25-,26-/m1/s1. The highest BCUT2D eigenvalue weighted by Crippen LogP contribution is 2.65. The predicted octanol–water partition coefficient (Wildman–Crippen LogP) is 4.63. The first-order valence-electron chi connectivity index (χ1n) is 12.0. The summed E-state index contributed by atoms with van der Waals surface area (Å²) < 4.78 is 0. The number of amides is 2. The fourth-order valence-corrected chi connectivity index (χ4v) is 7.74. The van der Waals surface area contributed by atoms with Crippen molar-refractivity contribution in [2.24, 2.45) is 34.5 Å². The lowest BCUT2D eigenvalue weighted by Gasteiger charge is -2.59.